The number of carbonyl (C=O) groups is 1. The predicted octanol–water partition coefficient (Wildman–Crippen LogP) is 0.761. The quantitative estimate of drug-likeness (QED) is 0.749. The molecule has 0 unspecified atom stereocenters. The second-order valence-electron chi connectivity index (χ2n) is 2.41. The molecule has 0 bridgehead atoms. The molecule has 1 aromatic rings. The van der Waals surface area contributed by atoms with Crippen LogP contribution in [0, 0.1) is 0 Å². The van der Waals surface area contributed by atoms with Crippen LogP contribution in [0.1, 0.15) is 30.5 Å². The van der Waals surface area contributed by atoms with Gasteiger partial charge in [-0.25, -0.2) is 9.48 Å². The number of tetrazole rings is 1. The molecule has 12 heavy (non-hydrogen) atoms. The number of aromatic nitrogens is 4. The van der Waals surface area contributed by atoms with Crippen LogP contribution in [0.3, 0.4) is 0 Å². The number of nitrogens with zero attached hydrogens (tertiary/aromatic N) is 4. The molecule has 7 heteroatoms. The van der Waals surface area contributed by atoms with Gasteiger partial charge in [0.25, 0.3) is 5.82 Å². The summed E-state index contributed by atoms with van der Waals surface area (Å²) in [7, 11) is 0. The van der Waals surface area contributed by atoms with Crippen LogP contribution in [0.15, 0.2) is 0 Å². The van der Waals surface area contributed by atoms with Crippen molar-refractivity contribution < 1.29 is 7.86 Å². The molecule has 0 amide bonds. The van der Waals surface area contributed by atoms with Crippen molar-refractivity contribution in [3.8, 4) is 0 Å². The molecule has 0 radical (unpaired) electrons. The molecule has 0 aliphatic rings. The van der Waals surface area contributed by atoms with Crippen LogP contribution in [0.5, 0.6) is 0 Å². The Morgan fingerprint density at radius 1 is 1.67 bits per heavy atom. The third kappa shape index (κ3) is 1.71. The molecule has 0 saturated carbocycles. The van der Waals surface area contributed by atoms with E-state index in [1.165, 1.54) is 27.7 Å². The van der Waals surface area contributed by atoms with Crippen molar-refractivity contribution in [2.45, 2.75) is 19.9 Å². The Morgan fingerprint density at radius 2 is 2.33 bits per heavy atom. The monoisotopic (exact) mass is 282 g/mol. The summed E-state index contributed by atoms with van der Waals surface area (Å²) >= 11 is 1.50. The van der Waals surface area contributed by atoms with E-state index in [1.807, 2.05) is 13.8 Å². The van der Waals surface area contributed by atoms with Gasteiger partial charge in [-0.05, 0) is 24.3 Å². The number of hydrogen-bond acceptors (Lipinski definition) is 5. The van der Waals surface area contributed by atoms with Gasteiger partial charge in [-0.2, -0.15) is 0 Å². The normalized spacial score (nSPS) is 10.3. The highest BCUT2D eigenvalue weighted by Gasteiger charge is 2.17. The van der Waals surface area contributed by atoms with E-state index in [0.29, 0.717) is 0 Å². The maximum Gasteiger partial charge on any atom is 0.387 e. The van der Waals surface area contributed by atoms with Crippen molar-refractivity contribution in [1.82, 2.24) is 20.2 Å². The van der Waals surface area contributed by atoms with Gasteiger partial charge >= 0.3 is 5.97 Å². The molecule has 0 fully saturated rings. The van der Waals surface area contributed by atoms with E-state index in [4.69, 9.17) is 0 Å². The Morgan fingerprint density at radius 3 is 2.83 bits per heavy atom. The lowest BCUT2D eigenvalue weighted by Gasteiger charge is -2.04. The van der Waals surface area contributed by atoms with E-state index in [1.54, 1.807) is 0 Å². The first-order valence-electron chi connectivity index (χ1n) is 3.27. The lowest BCUT2D eigenvalue weighted by atomic mass is 10.4. The maximum absolute atomic E-state index is 11.0. The minimum Gasteiger partial charge on any atom is -0.389 e. The zero-order valence-corrected chi connectivity index (χ0v) is 8.72. The van der Waals surface area contributed by atoms with Crippen LogP contribution >= 0.6 is 23.0 Å². The Hall–Kier alpha value is -0.730. The topological polar surface area (TPSA) is 69.9 Å². The van der Waals surface area contributed by atoms with Crippen molar-refractivity contribution in [1.29, 1.82) is 0 Å². The number of rotatable bonds is 2. The first-order valence-corrected chi connectivity index (χ1v) is 4.15. The van der Waals surface area contributed by atoms with Crippen LogP contribution < -0.4 is 0 Å². The third-order valence-electron chi connectivity index (χ3n) is 1.23. The zero-order chi connectivity index (χ0) is 9.14. The van der Waals surface area contributed by atoms with Gasteiger partial charge in [0.05, 0.1) is 6.04 Å². The first-order chi connectivity index (χ1) is 5.66. The van der Waals surface area contributed by atoms with E-state index >= 15 is 0 Å². The molecule has 66 valence electrons. The summed E-state index contributed by atoms with van der Waals surface area (Å²) in [6, 6.07) is 0.0468. The molecule has 0 atom stereocenters. The minimum absolute atomic E-state index is 0.0468. The van der Waals surface area contributed by atoms with E-state index in [2.05, 4.69) is 18.6 Å². The van der Waals surface area contributed by atoms with Gasteiger partial charge in [0.2, 0.25) is 0 Å². The van der Waals surface area contributed by atoms with Crippen LogP contribution in [0.2, 0.25) is 0 Å². The Kier molecular flexibility index (Phi) is 2.95. The van der Waals surface area contributed by atoms with Crippen LogP contribution in [-0.4, -0.2) is 26.2 Å². The summed E-state index contributed by atoms with van der Waals surface area (Å²) in [5.41, 5.74) is 0. The average Bonchev–Trinajstić information content (AvgIpc) is 2.50. The SMILES string of the molecule is CC(C)n1nnnc1C(=O)OI. The van der Waals surface area contributed by atoms with Gasteiger partial charge < -0.3 is 3.07 Å². The lowest BCUT2D eigenvalue weighted by Crippen LogP contribution is -2.13. The molecule has 1 rings (SSSR count). The molecule has 0 aliphatic heterocycles. The van der Waals surface area contributed by atoms with Gasteiger partial charge in [0.15, 0.2) is 23.0 Å². The minimum atomic E-state index is -0.533. The van der Waals surface area contributed by atoms with Gasteiger partial charge in [0.1, 0.15) is 0 Å². The molecule has 6 nitrogen and oxygen atoms in total. The van der Waals surface area contributed by atoms with Crippen molar-refractivity contribution in [3.05, 3.63) is 5.82 Å². The summed E-state index contributed by atoms with van der Waals surface area (Å²) < 4.78 is 5.86. The number of carbonyl (C=O) groups excluding carboxylic acids is 1. The fraction of sp³-hybridized carbons (Fsp3) is 0.600. The molecule has 0 saturated heterocycles. The van der Waals surface area contributed by atoms with Crippen molar-refractivity contribution in [2.75, 3.05) is 0 Å². The molecule has 1 aromatic heterocycles. The first kappa shape index (κ1) is 9.36. The van der Waals surface area contributed by atoms with Gasteiger partial charge in [-0.15, -0.1) is 5.10 Å². The average molecular weight is 282 g/mol. The highest BCUT2D eigenvalue weighted by atomic mass is 127. The second kappa shape index (κ2) is 3.78. The Balaban J connectivity index is 2.99. The molecular formula is C5H7IN4O2. The van der Waals surface area contributed by atoms with Crippen molar-refractivity contribution >= 4 is 29.0 Å². The number of halogens is 1. The smallest absolute Gasteiger partial charge is 0.387 e. The summed E-state index contributed by atoms with van der Waals surface area (Å²) in [6.07, 6.45) is 0. The van der Waals surface area contributed by atoms with Gasteiger partial charge in [-0.3, -0.25) is 0 Å². The lowest BCUT2D eigenvalue weighted by molar-refractivity contribution is 0.0779. The van der Waals surface area contributed by atoms with E-state index in [0.717, 1.165) is 0 Å². The zero-order valence-electron chi connectivity index (χ0n) is 6.56. The highest BCUT2D eigenvalue weighted by molar-refractivity contribution is 14.1. The summed E-state index contributed by atoms with van der Waals surface area (Å²) in [5.74, 6) is -0.409. The number of hydrogen-bond donors (Lipinski definition) is 0. The van der Waals surface area contributed by atoms with Crippen LogP contribution in [-0.2, 0) is 3.07 Å². The van der Waals surface area contributed by atoms with Gasteiger partial charge in [0, 0.05) is 0 Å². The van der Waals surface area contributed by atoms with Crippen molar-refractivity contribution in [3.63, 3.8) is 0 Å². The molecule has 0 aromatic carbocycles. The van der Waals surface area contributed by atoms with Crippen LogP contribution in [0.25, 0.3) is 0 Å². The summed E-state index contributed by atoms with van der Waals surface area (Å²) in [4.78, 5) is 11.0. The standard InChI is InChI=1S/C5H7IN4O2/c1-3(2)10-4(5(11)12-6)7-8-9-10/h3H,1-2H3. The van der Waals surface area contributed by atoms with Crippen LogP contribution in [0.4, 0.5) is 0 Å². The fourth-order valence-electron chi connectivity index (χ4n) is 0.710. The largest absolute Gasteiger partial charge is 0.389 e. The Bertz CT molecular complexity index is 285. The molecular weight excluding hydrogens is 275 g/mol. The predicted molar refractivity (Wildman–Crippen MR) is 47.6 cm³/mol. The van der Waals surface area contributed by atoms with E-state index in [9.17, 15) is 4.79 Å². The highest BCUT2D eigenvalue weighted by Crippen LogP contribution is 2.06. The maximum atomic E-state index is 11.0. The second-order valence-corrected chi connectivity index (χ2v) is 2.85. The third-order valence-corrected chi connectivity index (χ3v) is 1.63. The van der Waals surface area contributed by atoms with Crippen molar-refractivity contribution in [2.24, 2.45) is 0 Å². The molecule has 1 heterocycles. The Labute approximate surface area is 83.0 Å². The van der Waals surface area contributed by atoms with Gasteiger partial charge in [-0.1, -0.05) is 0 Å². The summed E-state index contributed by atoms with van der Waals surface area (Å²) in [5, 5.41) is 10.5. The molecule has 0 aliphatic carbocycles. The molecule has 0 N–H and O–H groups in total. The van der Waals surface area contributed by atoms with E-state index in [-0.39, 0.29) is 11.9 Å². The fourth-order valence-corrected chi connectivity index (χ4v) is 0.907. The van der Waals surface area contributed by atoms with E-state index < -0.39 is 5.97 Å². The summed E-state index contributed by atoms with van der Waals surface area (Å²) in [6.45, 7) is 3.75. The molecule has 0 spiro atoms.